The number of para-hydroxylation sites is 1. The van der Waals surface area contributed by atoms with E-state index in [1.807, 2.05) is 24.3 Å². The van der Waals surface area contributed by atoms with Crippen LogP contribution in [0.2, 0.25) is 5.02 Å². The topological polar surface area (TPSA) is 79.4 Å². The predicted molar refractivity (Wildman–Crippen MR) is 158 cm³/mol. The van der Waals surface area contributed by atoms with Crippen LogP contribution in [0.25, 0.3) is 0 Å². The molecule has 1 atom stereocenters. The summed E-state index contributed by atoms with van der Waals surface area (Å²) in [5, 5.41) is 7.81. The van der Waals surface area contributed by atoms with Crippen molar-refractivity contribution in [2.24, 2.45) is 0 Å². The summed E-state index contributed by atoms with van der Waals surface area (Å²) < 4.78 is 19.2. The number of anilines is 4. The van der Waals surface area contributed by atoms with Gasteiger partial charge in [0.1, 0.15) is 24.0 Å². The summed E-state index contributed by atoms with van der Waals surface area (Å²) in [5.74, 6) is 2.34. The normalized spacial score (nSPS) is 18.2. The average Bonchev–Trinajstić information content (AvgIpc) is 3.27. The maximum atomic E-state index is 12.8. The maximum Gasteiger partial charge on any atom is 0.229 e. The van der Waals surface area contributed by atoms with Crippen molar-refractivity contribution in [2.45, 2.75) is 52.1 Å². The van der Waals surface area contributed by atoms with E-state index in [0.717, 1.165) is 48.5 Å². The van der Waals surface area contributed by atoms with Gasteiger partial charge < -0.3 is 24.8 Å². The SMILES string of the molecule is CCN1CCC(c2c(C)cc(Nc3ncc(Cl)c(Nc4ccccc4P(C)(C)=O)n3)c3c2C[C@@H](C)O3)CC1. The molecule has 0 spiro atoms. The number of halogens is 1. The fourth-order valence-corrected chi connectivity index (χ4v) is 7.06. The lowest BCUT2D eigenvalue weighted by molar-refractivity contribution is 0.222. The number of benzene rings is 2. The summed E-state index contributed by atoms with van der Waals surface area (Å²) >= 11 is 6.47. The van der Waals surface area contributed by atoms with Crippen molar-refractivity contribution >= 4 is 47.2 Å². The number of rotatable bonds is 7. The van der Waals surface area contributed by atoms with E-state index in [1.54, 1.807) is 19.5 Å². The minimum atomic E-state index is -2.50. The molecule has 202 valence electrons. The summed E-state index contributed by atoms with van der Waals surface area (Å²) in [5.41, 5.74) is 5.65. The van der Waals surface area contributed by atoms with Gasteiger partial charge in [-0.15, -0.1) is 0 Å². The smallest absolute Gasteiger partial charge is 0.229 e. The van der Waals surface area contributed by atoms with Crippen molar-refractivity contribution in [1.29, 1.82) is 0 Å². The van der Waals surface area contributed by atoms with Crippen LogP contribution in [0.15, 0.2) is 36.5 Å². The molecule has 0 radical (unpaired) electrons. The molecule has 2 aliphatic heterocycles. The zero-order chi connectivity index (χ0) is 27.0. The molecule has 1 aromatic heterocycles. The van der Waals surface area contributed by atoms with E-state index in [2.05, 4.69) is 52.3 Å². The molecule has 2 N–H and O–H groups in total. The molecule has 1 saturated heterocycles. The number of piperidine rings is 1. The van der Waals surface area contributed by atoms with Crippen LogP contribution in [0.5, 0.6) is 5.75 Å². The van der Waals surface area contributed by atoms with Crippen molar-refractivity contribution < 1.29 is 9.30 Å². The third kappa shape index (κ3) is 5.56. The number of hydrogen-bond donors (Lipinski definition) is 2. The average molecular weight is 554 g/mol. The molecule has 0 aliphatic carbocycles. The molecule has 0 unspecified atom stereocenters. The molecule has 3 aromatic rings. The Morgan fingerprint density at radius 2 is 1.89 bits per heavy atom. The van der Waals surface area contributed by atoms with Gasteiger partial charge in [-0.3, -0.25) is 0 Å². The van der Waals surface area contributed by atoms with E-state index in [1.165, 1.54) is 29.5 Å². The third-order valence-electron chi connectivity index (χ3n) is 7.61. The molecule has 2 aromatic carbocycles. The molecule has 5 rings (SSSR count). The van der Waals surface area contributed by atoms with Gasteiger partial charge in [0.2, 0.25) is 5.95 Å². The van der Waals surface area contributed by atoms with Crippen molar-refractivity contribution in [3.63, 3.8) is 0 Å². The van der Waals surface area contributed by atoms with Gasteiger partial charge in [0.25, 0.3) is 0 Å². The molecule has 1 fully saturated rings. The first kappa shape index (κ1) is 27.0. The quantitative estimate of drug-likeness (QED) is 0.315. The van der Waals surface area contributed by atoms with Crippen LogP contribution in [-0.2, 0) is 11.0 Å². The van der Waals surface area contributed by atoms with Gasteiger partial charge in [-0.25, -0.2) is 4.98 Å². The Balaban J connectivity index is 1.45. The lowest BCUT2D eigenvalue weighted by atomic mass is 9.82. The van der Waals surface area contributed by atoms with E-state index < -0.39 is 7.14 Å². The zero-order valence-corrected chi connectivity index (χ0v) is 24.5. The molecule has 3 heterocycles. The predicted octanol–water partition coefficient (Wildman–Crippen LogP) is 6.70. The van der Waals surface area contributed by atoms with Gasteiger partial charge in [0.15, 0.2) is 5.82 Å². The number of nitrogens with zero attached hydrogens (tertiary/aromatic N) is 3. The molecular weight excluding hydrogens is 517 g/mol. The number of aryl methyl sites for hydroxylation is 1. The van der Waals surface area contributed by atoms with Crippen LogP contribution in [0, 0.1) is 6.92 Å². The van der Waals surface area contributed by atoms with Gasteiger partial charge in [0.05, 0.1) is 17.6 Å². The molecule has 0 amide bonds. The third-order valence-corrected chi connectivity index (χ3v) is 9.44. The minimum absolute atomic E-state index is 0.125. The highest BCUT2D eigenvalue weighted by molar-refractivity contribution is 7.70. The zero-order valence-electron chi connectivity index (χ0n) is 22.8. The Morgan fingerprint density at radius 1 is 1.16 bits per heavy atom. The Labute approximate surface area is 230 Å². The Morgan fingerprint density at radius 3 is 2.61 bits per heavy atom. The van der Waals surface area contributed by atoms with E-state index in [4.69, 9.17) is 16.3 Å². The van der Waals surface area contributed by atoms with Crippen molar-refractivity contribution in [3.05, 3.63) is 58.2 Å². The lowest BCUT2D eigenvalue weighted by Gasteiger charge is -2.33. The highest BCUT2D eigenvalue weighted by atomic mass is 35.5. The van der Waals surface area contributed by atoms with Crippen LogP contribution in [0.4, 0.5) is 23.1 Å². The molecule has 2 aliphatic rings. The number of fused-ring (bicyclic) bond motifs is 1. The molecular formula is C29H37ClN5O2P. The number of aromatic nitrogens is 2. The number of nitrogens with one attached hydrogen (secondary N) is 2. The van der Waals surface area contributed by atoms with Gasteiger partial charge in [-0.05, 0) is 94.9 Å². The minimum Gasteiger partial charge on any atom is -0.488 e. The second-order valence-corrected chi connectivity index (χ2v) is 14.4. The Bertz CT molecular complexity index is 1380. The van der Waals surface area contributed by atoms with Gasteiger partial charge >= 0.3 is 0 Å². The summed E-state index contributed by atoms with van der Waals surface area (Å²) in [6.45, 7) is 13.5. The summed E-state index contributed by atoms with van der Waals surface area (Å²) in [4.78, 5) is 11.6. The lowest BCUT2D eigenvalue weighted by Crippen LogP contribution is -2.33. The Hall–Kier alpha value is -2.60. The summed E-state index contributed by atoms with van der Waals surface area (Å²) in [6.07, 6.45) is 4.98. The van der Waals surface area contributed by atoms with Crippen molar-refractivity contribution in [2.75, 3.05) is 43.6 Å². The van der Waals surface area contributed by atoms with Gasteiger partial charge in [-0.1, -0.05) is 30.7 Å². The van der Waals surface area contributed by atoms with Gasteiger partial charge in [0, 0.05) is 17.3 Å². The number of ether oxygens (including phenoxy) is 1. The standard InChI is InChI=1S/C29H37ClN5O2P/c1-6-35-13-11-20(12-14-35)26-18(2)15-24(27-21(26)16-19(3)37-27)33-29-31-17-22(30)28(34-29)32-23-9-7-8-10-25(23)38(4,5)36/h7-10,15,17,19-20H,6,11-14,16H2,1-5H3,(H2,31,32,33,34)/t19-/m1/s1. The number of hydrogen-bond acceptors (Lipinski definition) is 7. The van der Waals surface area contributed by atoms with Crippen LogP contribution in [0.1, 0.15) is 49.3 Å². The Kier molecular flexibility index (Phi) is 7.72. The van der Waals surface area contributed by atoms with Crippen LogP contribution < -0.4 is 20.7 Å². The molecule has 7 nitrogen and oxygen atoms in total. The fraction of sp³-hybridized carbons (Fsp3) is 0.448. The van der Waals surface area contributed by atoms with E-state index in [9.17, 15) is 4.57 Å². The molecule has 38 heavy (non-hydrogen) atoms. The molecule has 0 bridgehead atoms. The van der Waals surface area contributed by atoms with E-state index in [0.29, 0.717) is 22.7 Å². The fourth-order valence-electron chi connectivity index (χ4n) is 5.76. The second kappa shape index (κ2) is 10.9. The molecule has 0 saturated carbocycles. The first-order valence-corrected chi connectivity index (χ1v) is 16.4. The van der Waals surface area contributed by atoms with Crippen molar-refractivity contribution in [3.8, 4) is 5.75 Å². The second-order valence-electron chi connectivity index (χ2n) is 10.8. The van der Waals surface area contributed by atoms with E-state index >= 15 is 0 Å². The highest BCUT2D eigenvalue weighted by Gasteiger charge is 2.32. The largest absolute Gasteiger partial charge is 0.488 e. The van der Waals surface area contributed by atoms with Crippen LogP contribution >= 0.6 is 18.7 Å². The first-order chi connectivity index (χ1) is 18.1. The van der Waals surface area contributed by atoms with E-state index in [-0.39, 0.29) is 6.10 Å². The highest BCUT2D eigenvalue weighted by Crippen LogP contribution is 2.46. The van der Waals surface area contributed by atoms with Crippen LogP contribution in [0.3, 0.4) is 0 Å². The monoisotopic (exact) mass is 553 g/mol. The summed E-state index contributed by atoms with van der Waals surface area (Å²) in [6, 6.07) is 9.71. The van der Waals surface area contributed by atoms with Gasteiger partial charge in [-0.2, -0.15) is 4.98 Å². The van der Waals surface area contributed by atoms with Crippen LogP contribution in [-0.4, -0.2) is 53.9 Å². The maximum absolute atomic E-state index is 12.8. The first-order valence-electron chi connectivity index (χ1n) is 13.4. The molecule has 9 heteroatoms. The summed E-state index contributed by atoms with van der Waals surface area (Å²) in [7, 11) is -2.50. The number of likely N-dealkylation sites (tertiary alicyclic amines) is 1. The van der Waals surface area contributed by atoms with Crippen molar-refractivity contribution in [1.82, 2.24) is 14.9 Å².